The molecule has 0 aliphatic carbocycles. The molecule has 2 fully saturated rings. The number of nitrogens with zero attached hydrogens (tertiary/aromatic N) is 1. The second kappa shape index (κ2) is 2.48. The Bertz CT molecular complexity index is 181. The van der Waals surface area contributed by atoms with Gasteiger partial charge in [0.2, 0.25) is 5.91 Å². The Morgan fingerprint density at radius 1 is 1.55 bits per heavy atom. The van der Waals surface area contributed by atoms with Gasteiger partial charge >= 0.3 is 0 Å². The third-order valence-electron chi connectivity index (χ3n) is 2.63. The Labute approximate surface area is 66.3 Å². The highest BCUT2D eigenvalue weighted by atomic mass is 16.5. The molecule has 2 saturated heterocycles. The van der Waals surface area contributed by atoms with E-state index >= 15 is 0 Å². The highest BCUT2D eigenvalue weighted by Gasteiger charge is 2.39. The maximum absolute atomic E-state index is 11.0. The molecule has 0 radical (unpaired) electrons. The highest BCUT2D eigenvalue weighted by molar-refractivity contribution is 5.73. The summed E-state index contributed by atoms with van der Waals surface area (Å²) in [5, 5.41) is 0. The molecular weight excluding hydrogens is 142 g/mol. The number of likely N-dealkylation sites (tertiary alicyclic amines) is 1. The zero-order chi connectivity index (χ0) is 7.84. The second-order valence-corrected chi connectivity index (χ2v) is 3.31. The summed E-state index contributed by atoms with van der Waals surface area (Å²) in [6.45, 7) is 3.34. The van der Waals surface area contributed by atoms with Crippen LogP contribution >= 0.6 is 0 Å². The van der Waals surface area contributed by atoms with Crippen LogP contribution in [0.15, 0.2) is 0 Å². The highest BCUT2D eigenvalue weighted by Crippen LogP contribution is 2.32. The standard InChI is InChI=1S/C8H13NO2/c1-6(10)9-4-2-7-3-5-11-8(7)9/h7-8H,2-5H2,1H3. The Balaban J connectivity index is 2.08. The monoisotopic (exact) mass is 155 g/mol. The molecule has 0 spiro atoms. The van der Waals surface area contributed by atoms with Gasteiger partial charge in [-0.2, -0.15) is 0 Å². The summed E-state index contributed by atoms with van der Waals surface area (Å²) in [5.74, 6) is 0.776. The van der Waals surface area contributed by atoms with Gasteiger partial charge in [-0.1, -0.05) is 0 Å². The summed E-state index contributed by atoms with van der Waals surface area (Å²) in [4.78, 5) is 12.9. The average molecular weight is 155 g/mol. The van der Waals surface area contributed by atoms with Gasteiger partial charge in [-0.25, -0.2) is 0 Å². The van der Waals surface area contributed by atoms with Crippen LogP contribution in [0.25, 0.3) is 0 Å². The first-order valence-corrected chi connectivity index (χ1v) is 4.18. The van der Waals surface area contributed by atoms with Crippen LogP contribution in [-0.4, -0.2) is 30.2 Å². The van der Waals surface area contributed by atoms with Gasteiger partial charge in [-0.15, -0.1) is 0 Å². The number of fused-ring (bicyclic) bond motifs is 1. The molecule has 0 saturated carbocycles. The fourth-order valence-electron chi connectivity index (χ4n) is 2.02. The van der Waals surface area contributed by atoms with Crippen LogP contribution < -0.4 is 0 Å². The van der Waals surface area contributed by atoms with E-state index in [0.29, 0.717) is 5.92 Å². The third-order valence-corrected chi connectivity index (χ3v) is 2.63. The Morgan fingerprint density at radius 3 is 3.09 bits per heavy atom. The quantitative estimate of drug-likeness (QED) is 0.512. The Kier molecular flexibility index (Phi) is 1.60. The molecule has 11 heavy (non-hydrogen) atoms. The van der Waals surface area contributed by atoms with Crippen LogP contribution in [0, 0.1) is 5.92 Å². The van der Waals surface area contributed by atoms with E-state index in [1.54, 1.807) is 6.92 Å². The third kappa shape index (κ3) is 1.03. The molecule has 0 aromatic heterocycles. The van der Waals surface area contributed by atoms with E-state index in [2.05, 4.69) is 0 Å². The first-order chi connectivity index (χ1) is 5.29. The predicted molar refractivity (Wildman–Crippen MR) is 39.9 cm³/mol. The topological polar surface area (TPSA) is 29.5 Å². The van der Waals surface area contributed by atoms with Gasteiger partial charge in [0.25, 0.3) is 0 Å². The van der Waals surface area contributed by atoms with Crippen LogP contribution in [0.3, 0.4) is 0 Å². The lowest BCUT2D eigenvalue weighted by atomic mass is 10.1. The molecule has 2 rings (SSSR count). The molecule has 2 atom stereocenters. The first kappa shape index (κ1) is 7.10. The minimum atomic E-state index is 0.118. The molecule has 3 heteroatoms. The van der Waals surface area contributed by atoms with Crippen LogP contribution in [0.2, 0.25) is 0 Å². The summed E-state index contributed by atoms with van der Waals surface area (Å²) in [7, 11) is 0. The maximum atomic E-state index is 11.0. The van der Waals surface area contributed by atoms with Crippen molar-refractivity contribution in [2.45, 2.75) is 26.0 Å². The molecule has 0 aromatic carbocycles. The molecule has 2 aliphatic heterocycles. The minimum absolute atomic E-state index is 0.118. The summed E-state index contributed by atoms with van der Waals surface area (Å²) in [6, 6.07) is 0. The zero-order valence-corrected chi connectivity index (χ0v) is 6.75. The number of ether oxygens (including phenoxy) is 1. The number of hydrogen-bond acceptors (Lipinski definition) is 2. The van der Waals surface area contributed by atoms with Crippen LogP contribution in [0.1, 0.15) is 19.8 Å². The van der Waals surface area contributed by atoms with Crippen molar-refractivity contribution < 1.29 is 9.53 Å². The number of rotatable bonds is 0. The molecule has 0 N–H and O–H groups in total. The number of carbonyl (C=O) groups excluding carboxylic acids is 1. The van der Waals surface area contributed by atoms with Gasteiger partial charge < -0.3 is 9.64 Å². The number of carbonyl (C=O) groups is 1. The fourth-order valence-corrected chi connectivity index (χ4v) is 2.02. The van der Waals surface area contributed by atoms with Crippen LogP contribution in [-0.2, 0) is 9.53 Å². The zero-order valence-electron chi connectivity index (χ0n) is 6.75. The van der Waals surface area contributed by atoms with Gasteiger partial charge in [0.15, 0.2) is 0 Å². The van der Waals surface area contributed by atoms with Crippen molar-refractivity contribution in [3.05, 3.63) is 0 Å². The molecule has 0 aromatic rings. The average Bonchev–Trinajstić information content (AvgIpc) is 2.41. The van der Waals surface area contributed by atoms with E-state index < -0.39 is 0 Å². The molecule has 1 amide bonds. The Morgan fingerprint density at radius 2 is 2.36 bits per heavy atom. The van der Waals surface area contributed by atoms with Gasteiger partial charge in [0.1, 0.15) is 6.23 Å². The maximum Gasteiger partial charge on any atom is 0.221 e. The Hall–Kier alpha value is -0.570. The van der Waals surface area contributed by atoms with Crippen molar-refractivity contribution in [1.82, 2.24) is 4.90 Å². The lowest BCUT2D eigenvalue weighted by molar-refractivity contribution is -0.137. The van der Waals surface area contributed by atoms with Crippen molar-refractivity contribution in [3.63, 3.8) is 0 Å². The van der Waals surface area contributed by atoms with Gasteiger partial charge in [-0.3, -0.25) is 4.79 Å². The lowest BCUT2D eigenvalue weighted by Crippen LogP contribution is -2.35. The minimum Gasteiger partial charge on any atom is -0.358 e. The van der Waals surface area contributed by atoms with E-state index in [1.165, 1.54) is 0 Å². The summed E-state index contributed by atoms with van der Waals surface area (Å²) >= 11 is 0. The van der Waals surface area contributed by atoms with E-state index in [0.717, 1.165) is 26.0 Å². The molecule has 2 unspecified atom stereocenters. The van der Waals surface area contributed by atoms with Crippen molar-refractivity contribution in [3.8, 4) is 0 Å². The molecule has 2 aliphatic rings. The normalized spacial score (nSPS) is 35.9. The van der Waals surface area contributed by atoms with E-state index in [4.69, 9.17) is 4.74 Å². The molecular formula is C8H13NO2. The van der Waals surface area contributed by atoms with Crippen molar-refractivity contribution in [2.75, 3.05) is 13.2 Å². The van der Waals surface area contributed by atoms with Crippen LogP contribution in [0.4, 0.5) is 0 Å². The number of amides is 1. The predicted octanol–water partition coefficient (Wildman–Crippen LogP) is 0.601. The number of hydrogen-bond donors (Lipinski definition) is 0. The van der Waals surface area contributed by atoms with Crippen molar-refractivity contribution in [2.24, 2.45) is 5.92 Å². The van der Waals surface area contributed by atoms with E-state index in [-0.39, 0.29) is 12.1 Å². The molecule has 62 valence electrons. The van der Waals surface area contributed by atoms with E-state index in [1.807, 2.05) is 4.90 Å². The SMILES string of the molecule is CC(=O)N1CCC2CCOC21. The molecule has 0 bridgehead atoms. The van der Waals surface area contributed by atoms with Crippen molar-refractivity contribution >= 4 is 5.91 Å². The summed E-state index contributed by atoms with van der Waals surface area (Å²) in [6.07, 6.45) is 2.38. The van der Waals surface area contributed by atoms with E-state index in [9.17, 15) is 4.79 Å². The summed E-state index contributed by atoms with van der Waals surface area (Å²) in [5.41, 5.74) is 0. The van der Waals surface area contributed by atoms with Crippen LogP contribution in [0.5, 0.6) is 0 Å². The van der Waals surface area contributed by atoms with Gasteiger partial charge in [0.05, 0.1) is 0 Å². The van der Waals surface area contributed by atoms with Gasteiger partial charge in [0, 0.05) is 26.0 Å². The lowest BCUT2D eigenvalue weighted by Gasteiger charge is -2.21. The fraction of sp³-hybridized carbons (Fsp3) is 0.875. The van der Waals surface area contributed by atoms with Crippen molar-refractivity contribution in [1.29, 1.82) is 0 Å². The van der Waals surface area contributed by atoms with Gasteiger partial charge in [-0.05, 0) is 12.8 Å². The second-order valence-electron chi connectivity index (χ2n) is 3.31. The molecule has 2 heterocycles. The molecule has 3 nitrogen and oxygen atoms in total. The largest absolute Gasteiger partial charge is 0.358 e. The first-order valence-electron chi connectivity index (χ1n) is 4.18. The summed E-state index contributed by atoms with van der Waals surface area (Å²) < 4.78 is 5.46. The smallest absolute Gasteiger partial charge is 0.221 e.